The van der Waals surface area contributed by atoms with E-state index in [2.05, 4.69) is 34.2 Å². The molecule has 1 aliphatic rings. The number of anilines is 1. The monoisotopic (exact) mass is 281 g/mol. The standard InChI is InChI=1S/C16H19N5/c1-12-9-18-21(10-12)15-4-3-7-20(11-15)16-14(8-17)6-5-13(2)19-16/h5-6,9-10,15H,3-4,7,11H2,1-2H3. The maximum absolute atomic E-state index is 9.29. The molecule has 0 spiro atoms. The summed E-state index contributed by atoms with van der Waals surface area (Å²) in [6.45, 7) is 5.82. The largest absolute Gasteiger partial charge is 0.353 e. The molecule has 0 bridgehead atoms. The Morgan fingerprint density at radius 2 is 2.19 bits per heavy atom. The van der Waals surface area contributed by atoms with E-state index in [9.17, 15) is 5.26 Å². The molecule has 0 amide bonds. The topological polar surface area (TPSA) is 57.7 Å². The Morgan fingerprint density at radius 1 is 1.33 bits per heavy atom. The molecule has 5 nitrogen and oxygen atoms in total. The lowest BCUT2D eigenvalue weighted by Gasteiger charge is -2.34. The van der Waals surface area contributed by atoms with Crippen LogP contribution in [-0.4, -0.2) is 27.9 Å². The molecule has 0 radical (unpaired) electrons. The Hall–Kier alpha value is -2.35. The van der Waals surface area contributed by atoms with Crippen LogP contribution in [0.3, 0.4) is 0 Å². The minimum absolute atomic E-state index is 0.348. The van der Waals surface area contributed by atoms with Crippen molar-refractivity contribution in [3.05, 3.63) is 41.3 Å². The van der Waals surface area contributed by atoms with Gasteiger partial charge in [0.15, 0.2) is 0 Å². The van der Waals surface area contributed by atoms with Crippen molar-refractivity contribution in [3.63, 3.8) is 0 Å². The number of pyridine rings is 1. The first-order chi connectivity index (χ1) is 10.2. The lowest BCUT2D eigenvalue weighted by Crippen LogP contribution is -2.37. The van der Waals surface area contributed by atoms with Crippen molar-refractivity contribution in [1.82, 2.24) is 14.8 Å². The van der Waals surface area contributed by atoms with Crippen molar-refractivity contribution in [2.45, 2.75) is 32.7 Å². The van der Waals surface area contributed by atoms with Gasteiger partial charge >= 0.3 is 0 Å². The van der Waals surface area contributed by atoms with E-state index in [1.165, 1.54) is 5.56 Å². The van der Waals surface area contributed by atoms with Gasteiger partial charge in [0.2, 0.25) is 0 Å². The number of rotatable bonds is 2. The second-order valence-electron chi connectivity index (χ2n) is 5.68. The van der Waals surface area contributed by atoms with Gasteiger partial charge in [-0.05, 0) is 44.4 Å². The fourth-order valence-electron chi connectivity index (χ4n) is 2.87. The molecule has 1 aliphatic heterocycles. The Kier molecular flexibility index (Phi) is 3.61. The number of hydrogen-bond acceptors (Lipinski definition) is 4. The number of aryl methyl sites for hydroxylation is 2. The molecule has 1 unspecified atom stereocenters. The lowest BCUT2D eigenvalue weighted by atomic mass is 10.1. The number of aromatic nitrogens is 3. The summed E-state index contributed by atoms with van der Waals surface area (Å²) in [4.78, 5) is 6.79. The van der Waals surface area contributed by atoms with Gasteiger partial charge in [0, 0.05) is 25.0 Å². The third-order valence-electron chi connectivity index (χ3n) is 3.94. The zero-order valence-electron chi connectivity index (χ0n) is 12.5. The summed E-state index contributed by atoms with van der Waals surface area (Å²) in [5, 5.41) is 13.7. The van der Waals surface area contributed by atoms with Gasteiger partial charge in [-0.15, -0.1) is 0 Å². The summed E-state index contributed by atoms with van der Waals surface area (Å²) in [5.41, 5.74) is 2.78. The summed E-state index contributed by atoms with van der Waals surface area (Å²) >= 11 is 0. The van der Waals surface area contributed by atoms with Crippen LogP contribution < -0.4 is 4.90 Å². The maximum Gasteiger partial charge on any atom is 0.146 e. The normalized spacial score (nSPS) is 18.5. The number of piperidine rings is 1. The van der Waals surface area contributed by atoms with Gasteiger partial charge in [0.05, 0.1) is 17.8 Å². The van der Waals surface area contributed by atoms with Crippen LogP contribution in [-0.2, 0) is 0 Å². The van der Waals surface area contributed by atoms with E-state index in [0.29, 0.717) is 11.6 Å². The molecule has 21 heavy (non-hydrogen) atoms. The maximum atomic E-state index is 9.29. The molecule has 0 aliphatic carbocycles. The Labute approximate surface area is 124 Å². The molecule has 1 atom stereocenters. The quantitative estimate of drug-likeness (QED) is 0.849. The van der Waals surface area contributed by atoms with E-state index in [1.54, 1.807) is 0 Å². The SMILES string of the molecule is Cc1cnn(C2CCCN(c3nc(C)ccc3C#N)C2)c1. The zero-order valence-corrected chi connectivity index (χ0v) is 12.5. The molecule has 2 aromatic rings. The Bertz CT molecular complexity index is 682. The minimum Gasteiger partial charge on any atom is -0.353 e. The second kappa shape index (κ2) is 5.57. The Morgan fingerprint density at radius 3 is 2.90 bits per heavy atom. The number of nitrogens with zero attached hydrogens (tertiary/aromatic N) is 5. The van der Waals surface area contributed by atoms with E-state index < -0.39 is 0 Å². The van der Waals surface area contributed by atoms with Gasteiger partial charge in [0.25, 0.3) is 0 Å². The molecule has 3 rings (SSSR count). The van der Waals surface area contributed by atoms with Crippen LogP contribution >= 0.6 is 0 Å². The summed E-state index contributed by atoms with van der Waals surface area (Å²) in [6.07, 6.45) is 6.18. The Balaban J connectivity index is 1.86. The number of nitriles is 1. The van der Waals surface area contributed by atoms with Crippen molar-refractivity contribution < 1.29 is 0 Å². The molecule has 0 aromatic carbocycles. The smallest absolute Gasteiger partial charge is 0.146 e. The van der Waals surface area contributed by atoms with E-state index in [0.717, 1.165) is 37.4 Å². The van der Waals surface area contributed by atoms with E-state index >= 15 is 0 Å². The molecule has 2 aromatic heterocycles. The van der Waals surface area contributed by atoms with Crippen LogP contribution in [0.4, 0.5) is 5.82 Å². The van der Waals surface area contributed by atoms with Crippen molar-refractivity contribution in [2.75, 3.05) is 18.0 Å². The van der Waals surface area contributed by atoms with E-state index in [1.807, 2.05) is 29.9 Å². The lowest BCUT2D eigenvalue weighted by molar-refractivity contribution is 0.374. The third-order valence-corrected chi connectivity index (χ3v) is 3.94. The highest BCUT2D eigenvalue weighted by molar-refractivity contribution is 5.54. The highest BCUT2D eigenvalue weighted by Crippen LogP contribution is 2.27. The van der Waals surface area contributed by atoms with Crippen LogP contribution in [0.25, 0.3) is 0 Å². The first-order valence-electron chi connectivity index (χ1n) is 7.31. The second-order valence-corrected chi connectivity index (χ2v) is 5.68. The predicted octanol–water partition coefficient (Wildman–Crippen LogP) is 2.61. The van der Waals surface area contributed by atoms with Gasteiger partial charge in [0.1, 0.15) is 11.9 Å². The molecular formula is C16H19N5. The van der Waals surface area contributed by atoms with Crippen LogP contribution in [0, 0.1) is 25.2 Å². The summed E-state index contributed by atoms with van der Waals surface area (Å²) in [5.74, 6) is 0.811. The zero-order chi connectivity index (χ0) is 14.8. The fourth-order valence-corrected chi connectivity index (χ4v) is 2.87. The number of hydrogen-bond donors (Lipinski definition) is 0. The summed E-state index contributed by atoms with van der Waals surface area (Å²) in [7, 11) is 0. The fraction of sp³-hybridized carbons (Fsp3) is 0.438. The molecule has 5 heteroatoms. The molecular weight excluding hydrogens is 262 g/mol. The van der Waals surface area contributed by atoms with E-state index in [4.69, 9.17) is 0 Å². The van der Waals surface area contributed by atoms with Crippen LogP contribution in [0.2, 0.25) is 0 Å². The highest BCUT2D eigenvalue weighted by Gasteiger charge is 2.24. The predicted molar refractivity (Wildman–Crippen MR) is 81.1 cm³/mol. The molecule has 0 saturated carbocycles. The average Bonchev–Trinajstić information content (AvgIpc) is 2.94. The van der Waals surface area contributed by atoms with Gasteiger partial charge < -0.3 is 4.90 Å². The molecule has 0 N–H and O–H groups in total. The van der Waals surface area contributed by atoms with Crippen molar-refractivity contribution in [3.8, 4) is 6.07 Å². The molecule has 1 saturated heterocycles. The van der Waals surface area contributed by atoms with Crippen LogP contribution in [0.15, 0.2) is 24.5 Å². The first-order valence-corrected chi connectivity index (χ1v) is 7.31. The van der Waals surface area contributed by atoms with Gasteiger partial charge in [-0.3, -0.25) is 4.68 Å². The summed E-state index contributed by atoms with van der Waals surface area (Å²) < 4.78 is 2.04. The summed E-state index contributed by atoms with van der Waals surface area (Å²) in [6, 6.07) is 6.35. The van der Waals surface area contributed by atoms with Crippen LogP contribution in [0.1, 0.15) is 35.7 Å². The third kappa shape index (κ3) is 2.75. The van der Waals surface area contributed by atoms with Crippen molar-refractivity contribution in [2.24, 2.45) is 0 Å². The van der Waals surface area contributed by atoms with Gasteiger partial charge in [-0.25, -0.2) is 4.98 Å². The van der Waals surface area contributed by atoms with E-state index in [-0.39, 0.29) is 0 Å². The van der Waals surface area contributed by atoms with Gasteiger partial charge in [-0.2, -0.15) is 10.4 Å². The highest BCUT2D eigenvalue weighted by atomic mass is 15.3. The van der Waals surface area contributed by atoms with Crippen molar-refractivity contribution in [1.29, 1.82) is 5.26 Å². The molecule has 108 valence electrons. The molecule has 1 fully saturated rings. The van der Waals surface area contributed by atoms with Crippen molar-refractivity contribution >= 4 is 5.82 Å². The van der Waals surface area contributed by atoms with Gasteiger partial charge in [-0.1, -0.05) is 0 Å². The van der Waals surface area contributed by atoms with Crippen LogP contribution in [0.5, 0.6) is 0 Å². The first kappa shape index (κ1) is 13.6. The minimum atomic E-state index is 0.348. The average molecular weight is 281 g/mol. The molecule has 3 heterocycles.